The molecule has 0 fully saturated rings. The number of hydrogen-bond donors (Lipinski definition) is 0. The van der Waals surface area contributed by atoms with Gasteiger partial charge >= 0.3 is 0 Å². The van der Waals surface area contributed by atoms with Crippen LogP contribution in [0, 0.1) is 0 Å². The summed E-state index contributed by atoms with van der Waals surface area (Å²) in [6, 6.07) is 85.2. The molecule has 0 saturated heterocycles. The van der Waals surface area contributed by atoms with Gasteiger partial charge in [0, 0.05) is 36.9 Å². The molecule has 13 rings (SSSR count). The van der Waals surface area contributed by atoms with Gasteiger partial charge in [-0.15, -0.1) is 11.3 Å². The van der Waals surface area contributed by atoms with E-state index in [0.717, 1.165) is 27.8 Å². The van der Waals surface area contributed by atoms with E-state index < -0.39 is 5.41 Å². The topological polar surface area (TPSA) is 38.7 Å². The molecule has 0 atom stereocenters. The summed E-state index contributed by atoms with van der Waals surface area (Å²) in [5, 5.41) is 5.03. The maximum absolute atomic E-state index is 5.44. The van der Waals surface area contributed by atoms with E-state index in [0.29, 0.717) is 17.5 Å². The molecule has 0 saturated carbocycles. The van der Waals surface area contributed by atoms with Gasteiger partial charge in [0.2, 0.25) is 0 Å². The zero-order chi connectivity index (χ0) is 43.6. The normalized spacial score (nSPS) is 12.7. The molecule has 66 heavy (non-hydrogen) atoms. The van der Waals surface area contributed by atoms with E-state index in [1.54, 1.807) is 0 Å². The Hall–Kier alpha value is -8.31. The fourth-order valence-electron chi connectivity index (χ4n) is 10.4. The SMILES string of the molecule is c1ccc(C2(c3ccccc3)c3ccccc3-c3cccc(-c4nc(-c5ccc(-c6ccc7sc8ccccc8c7c6)cc5)nc(-c5ccc(-c6cccc7ccccc67)cc5)n4)c32)cc1. The van der Waals surface area contributed by atoms with Gasteiger partial charge in [0.25, 0.3) is 0 Å². The van der Waals surface area contributed by atoms with Gasteiger partial charge in [-0.3, -0.25) is 0 Å². The molecule has 0 N–H and O–H groups in total. The second-order valence-corrected chi connectivity index (χ2v) is 18.1. The van der Waals surface area contributed by atoms with E-state index in [2.05, 4.69) is 237 Å². The number of hydrogen-bond acceptors (Lipinski definition) is 4. The van der Waals surface area contributed by atoms with Crippen molar-refractivity contribution in [1.29, 1.82) is 0 Å². The molecule has 3 nitrogen and oxygen atoms in total. The predicted octanol–water partition coefficient (Wildman–Crippen LogP) is 16.1. The Morgan fingerprint density at radius 3 is 1.55 bits per heavy atom. The van der Waals surface area contributed by atoms with Crippen LogP contribution in [0.3, 0.4) is 0 Å². The van der Waals surface area contributed by atoms with E-state index in [4.69, 9.17) is 15.0 Å². The van der Waals surface area contributed by atoms with Gasteiger partial charge in [0.15, 0.2) is 17.5 Å². The van der Waals surface area contributed by atoms with Crippen molar-refractivity contribution in [1.82, 2.24) is 15.0 Å². The van der Waals surface area contributed by atoms with Gasteiger partial charge in [0.1, 0.15) is 0 Å². The number of thiophene rings is 1. The van der Waals surface area contributed by atoms with Crippen LogP contribution in [0.2, 0.25) is 0 Å². The molecule has 12 aromatic rings. The zero-order valence-corrected chi connectivity index (χ0v) is 36.6. The molecule has 0 spiro atoms. The highest BCUT2D eigenvalue weighted by atomic mass is 32.1. The maximum atomic E-state index is 5.44. The van der Waals surface area contributed by atoms with Crippen LogP contribution in [0.4, 0.5) is 0 Å². The standard InChI is InChI=1S/C62H39N3S/c1-3-17-46(18-4-1)62(47-19-5-2-6-20-47)55-27-11-9-22-50(55)52-25-14-26-53(58(52)62)61-64-59(43-33-29-40(30-34-43)45-37-38-57-54(39-45)51-23-10-12-28-56(51)66-57)63-60(65-61)44-35-31-42(32-36-44)49-24-13-16-41-15-7-8-21-48(41)49/h1-39H. The van der Waals surface area contributed by atoms with E-state index in [1.165, 1.54) is 75.5 Å². The zero-order valence-electron chi connectivity index (χ0n) is 35.8. The van der Waals surface area contributed by atoms with Gasteiger partial charge in [-0.1, -0.05) is 218 Å². The first-order chi connectivity index (χ1) is 32.7. The lowest BCUT2D eigenvalue weighted by molar-refractivity contribution is 0.769. The lowest BCUT2D eigenvalue weighted by Gasteiger charge is -2.35. The number of aromatic nitrogens is 3. The van der Waals surface area contributed by atoms with Crippen molar-refractivity contribution in [2.24, 2.45) is 0 Å². The van der Waals surface area contributed by atoms with Crippen LogP contribution in [-0.2, 0) is 5.41 Å². The summed E-state index contributed by atoms with van der Waals surface area (Å²) >= 11 is 1.84. The third-order valence-electron chi connectivity index (χ3n) is 13.4. The first kappa shape index (κ1) is 38.2. The fourth-order valence-corrected chi connectivity index (χ4v) is 11.5. The number of fused-ring (bicyclic) bond motifs is 7. The van der Waals surface area contributed by atoms with Crippen LogP contribution in [0.15, 0.2) is 237 Å². The summed E-state index contributed by atoms with van der Waals surface area (Å²) in [4.78, 5) is 16.2. The fraction of sp³-hybridized carbons (Fsp3) is 0.0161. The van der Waals surface area contributed by atoms with E-state index >= 15 is 0 Å². The van der Waals surface area contributed by atoms with Crippen molar-refractivity contribution in [3.8, 4) is 67.5 Å². The molecule has 1 aliphatic rings. The summed E-state index contributed by atoms with van der Waals surface area (Å²) in [5.74, 6) is 1.88. The van der Waals surface area contributed by atoms with Crippen molar-refractivity contribution >= 4 is 42.3 Å². The Morgan fingerprint density at radius 2 is 0.803 bits per heavy atom. The number of benzene rings is 10. The summed E-state index contributed by atoms with van der Waals surface area (Å²) in [6.45, 7) is 0. The van der Waals surface area contributed by atoms with Crippen molar-refractivity contribution in [2.75, 3.05) is 0 Å². The molecule has 308 valence electrons. The van der Waals surface area contributed by atoms with Gasteiger partial charge in [-0.2, -0.15) is 0 Å². The second-order valence-electron chi connectivity index (χ2n) is 17.1. The summed E-state index contributed by atoms with van der Waals surface area (Å²) in [7, 11) is 0. The third kappa shape index (κ3) is 6.07. The Kier molecular flexibility index (Phi) is 8.93. The maximum Gasteiger partial charge on any atom is 0.164 e. The van der Waals surface area contributed by atoms with Gasteiger partial charge < -0.3 is 0 Å². The van der Waals surface area contributed by atoms with Crippen LogP contribution in [0.25, 0.3) is 98.5 Å². The minimum atomic E-state index is -0.630. The molecule has 0 amide bonds. The lowest BCUT2D eigenvalue weighted by atomic mass is 9.66. The highest BCUT2D eigenvalue weighted by Crippen LogP contribution is 2.58. The van der Waals surface area contributed by atoms with Crippen LogP contribution in [-0.4, -0.2) is 15.0 Å². The summed E-state index contributed by atoms with van der Waals surface area (Å²) in [5.41, 5.74) is 14.0. The Morgan fingerprint density at radius 1 is 0.303 bits per heavy atom. The van der Waals surface area contributed by atoms with E-state index in [1.807, 2.05) is 11.3 Å². The van der Waals surface area contributed by atoms with Crippen LogP contribution in [0.5, 0.6) is 0 Å². The third-order valence-corrected chi connectivity index (χ3v) is 14.6. The molecular formula is C62H39N3S. The van der Waals surface area contributed by atoms with Crippen LogP contribution >= 0.6 is 11.3 Å². The average molecular weight is 858 g/mol. The Bertz CT molecular complexity index is 3760. The highest BCUT2D eigenvalue weighted by Gasteiger charge is 2.47. The molecule has 0 unspecified atom stereocenters. The van der Waals surface area contributed by atoms with Crippen LogP contribution in [0.1, 0.15) is 22.3 Å². The second kappa shape index (κ2) is 15.4. The molecule has 2 aromatic heterocycles. The quantitative estimate of drug-likeness (QED) is 0.160. The van der Waals surface area contributed by atoms with E-state index in [9.17, 15) is 0 Å². The minimum Gasteiger partial charge on any atom is -0.208 e. The monoisotopic (exact) mass is 857 g/mol. The van der Waals surface area contributed by atoms with Crippen molar-refractivity contribution in [3.63, 3.8) is 0 Å². The summed E-state index contributed by atoms with van der Waals surface area (Å²) in [6.07, 6.45) is 0. The van der Waals surface area contributed by atoms with Crippen LogP contribution < -0.4 is 0 Å². The van der Waals surface area contributed by atoms with Crippen molar-refractivity contribution < 1.29 is 0 Å². The molecule has 2 heterocycles. The first-order valence-corrected chi connectivity index (χ1v) is 23.2. The molecule has 0 bridgehead atoms. The largest absolute Gasteiger partial charge is 0.208 e. The molecule has 4 heteroatoms. The van der Waals surface area contributed by atoms with Crippen molar-refractivity contribution in [2.45, 2.75) is 5.41 Å². The number of rotatable bonds is 7. The lowest BCUT2D eigenvalue weighted by Crippen LogP contribution is -2.29. The van der Waals surface area contributed by atoms with Gasteiger partial charge in [-0.05, 0) is 84.6 Å². The van der Waals surface area contributed by atoms with Crippen molar-refractivity contribution in [3.05, 3.63) is 259 Å². The highest BCUT2D eigenvalue weighted by molar-refractivity contribution is 7.25. The predicted molar refractivity (Wildman–Crippen MR) is 275 cm³/mol. The van der Waals surface area contributed by atoms with Gasteiger partial charge in [0.05, 0.1) is 5.41 Å². The smallest absolute Gasteiger partial charge is 0.164 e. The first-order valence-electron chi connectivity index (χ1n) is 22.4. The summed E-state index contributed by atoms with van der Waals surface area (Å²) < 4.78 is 2.60. The van der Waals surface area contributed by atoms with Gasteiger partial charge in [-0.25, -0.2) is 15.0 Å². The molecule has 0 aliphatic heterocycles. The number of nitrogens with zero attached hydrogens (tertiary/aromatic N) is 3. The molecular weight excluding hydrogens is 819 g/mol. The Labute approximate surface area is 387 Å². The van der Waals surface area contributed by atoms with E-state index in [-0.39, 0.29) is 0 Å². The molecule has 10 aromatic carbocycles. The minimum absolute atomic E-state index is 0.622. The Balaban J connectivity index is 1.00. The average Bonchev–Trinajstić information content (AvgIpc) is 3.93. The molecule has 1 aliphatic carbocycles. The molecule has 0 radical (unpaired) electrons.